The molecule has 0 saturated carbocycles. The van der Waals surface area contributed by atoms with Crippen LogP contribution in [-0.4, -0.2) is 38.8 Å². The van der Waals surface area contributed by atoms with Crippen LogP contribution < -0.4 is 0 Å². The van der Waals surface area contributed by atoms with Gasteiger partial charge in [0.1, 0.15) is 4.88 Å². The molecule has 0 spiro atoms. The second-order valence-electron chi connectivity index (χ2n) is 8.44. The highest BCUT2D eigenvalue weighted by molar-refractivity contribution is 7.13. The number of nitrogens with one attached hydrogen (secondary N) is 1. The van der Waals surface area contributed by atoms with Gasteiger partial charge in [-0.3, -0.25) is 9.78 Å². The zero-order chi connectivity index (χ0) is 21.5. The summed E-state index contributed by atoms with van der Waals surface area (Å²) in [5.74, 6) is 0.383. The highest BCUT2D eigenvalue weighted by atomic mass is 32.1. The molecule has 1 fully saturated rings. The number of fused-ring (bicyclic) bond motifs is 1. The Morgan fingerprint density at radius 2 is 1.97 bits per heavy atom. The van der Waals surface area contributed by atoms with Crippen LogP contribution in [0, 0.1) is 20.8 Å². The quantitative estimate of drug-likeness (QED) is 0.458. The van der Waals surface area contributed by atoms with Crippen molar-refractivity contribution in [2.75, 3.05) is 13.1 Å². The number of amides is 1. The third kappa shape index (κ3) is 3.65. The van der Waals surface area contributed by atoms with Gasteiger partial charge in [0.05, 0.1) is 10.7 Å². The van der Waals surface area contributed by atoms with Gasteiger partial charge >= 0.3 is 0 Å². The highest BCUT2D eigenvalue weighted by Gasteiger charge is 2.30. The molecule has 1 aliphatic rings. The van der Waals surface area contributed by atoms with Crippen LogP contribution in [-0.2, 0) is 0 Å². The van der Waals surface area contributed by atoms with Crippen molar-refractivity contribution in [2.45, 2.75) is 39.5 Å². The fraction of sp³-hybridized carbons (Fsp3) is 0.320. The largest absolute Gasteiger partial charge is 0.358 e. The van der Waals surface area contributed by atoms with Crippen LogP contribution in [0.3, 0.4) is 0 Å². The van der Waals surface area contributed by atoms with E-state index in [1.807, 2.05) is 31.1 Å². The third-order valence-corrected chi connectivity index (χ3v) is 7.23. The number of pyridine rings is 1. The molecular formula is C25H26N4OS. The van der Waals surface area contributed by atoms with Gasteiger partial charge < -0.3 is 9.88 Å². The second-order valence-corrected chi connectivity index (χ2v) is 9.64. The van der Waals surface area contributed by atoms with Crippen molar-refractivity contribution in [1.82, 2.24) is 19.9 Å². The van der Waals surface area contributed by atoms with Crippen LogP contribution in [0.25, 0.3) is 22.0 Å². The van der Waals surface area contributed by atoms with E-state index in [4.69, 9.17) is 0 Å². The van der Waals surface area contributed by atoms with Gasteiger partial charge in [-0.1, -0.05) is 11.6 Å². The van der Waals surface area contributed by atoms with Crippen molar-refractivity contribution in [3.63, 3.8) is 0 Å². The van der Waals surface area contributed by atoms with Crippen molar-refractivity contribution in [3.8, 4) is 11.1 Å². The van der Waals surface area contributed by atoms with Gasteiger partial charge in [-0.2, -0.15) is 0 Å². The number of rotatable bonds is 3. The first kappa shape index (κ1) is 19.9. The zero-order valence-electron chi connectivity index (χ0n) is 18.1. The molecule has 1 unspecified atom stereocenters. The van der Waals surface area contributed by atoms with Crippen molar-refractivity contribution in [3.05, 3.63) is 69.6 Å². The molecular weight excluding hydrogens is 404 g/mol. The standard InChI is InChI=1S/C25H26N4OS/c1-15-6-7-21-20(13-15)22(18-8-10-26-11-9-18)23(28-21)19-5-4-12-29(14-19)25(30)24-16(2)27-17(3)31-24/h6-11,13,19,28H,4-5,12,14H2,1-3H3. The molecule has 4 heterocycles. The number of thiazole rings is 1. The van der Waals surface area contributed by atoms with Gasteiger partial charge in [0, 0.05) is 53.6 Å². The van der Waals surface area contributed by atoms with E-state index in [0.717, 1.165) is 47.0 Å². The number of likely N-dealkylation sites (tertiary alicyclic amines) is 1. The Morgan fingerprint density at radius 1 is 1.16 bits per heavy atom. The molecule has 0 bridgehead atoms. The Kier molecular flexibility index (Phi) is 5.10. The minimum Gasteiger partial charge on any atom is -0.358 e. The first-order valence-electron chi connectivity index (χ1n) is 10.8. The third-order valence-electron chi connectivity index (χ3n) is 6.17. The number of H-pyrrole nitrogens is 1. The minimum atomic E-state index is 0.116. The van der Waals surface area contributed by atoms with Gasteiger partial charge in [-0.25, -0.2) is 4.98 Å². The van der Waals surface area contributed by atoms with E-state index in [-0.39, 0.29) is 11.8 Å². The molecule has 1 aliphatic heterocycles. The molecule has 31 heavy (non-hydrogen) atoms. The van der Waals surface area contributed by atoms with E-state index in [9.17, 15) is 4.79 Å². The van der Waals surface area contributed by atoms with Gasteiger partial charge in [-0.15, -0.1) is 11.3 Å². The van der Waals surface area contributed by atoms with Crippen LogP contribution in [0.5, 0.6) is 0 Å². The molecule has 6 heteroatoms. The summed E-state index contributed by atoms with van der Waals surface area (Å²) in [5.41, 5.74) is 6.86. The smallest absolute Gasteiger partial charge is 0.265 e. The second kappa shape index (κ2) is 7.93. The molecule has 1 aromatic carbocycles. The van der Waals surface area contributed by atoms with E-state index in [0.29, 0.717) is 0 Å². The molecule has 3 aromatic heterocycles. The van der Waals surface area contributed by atoms with Gasteiger partial charge in [0.2, 0.25) is 0 Å². The zero-order valence-corrected chi connectivity index (χ0v) is 18.9. The predicted octanol–water partition coefficient (Wildman–Crippen LogP) is 5.63. The molecule has 5 rings (SSSR count). The van der Waals surface area contributed by atoms with E-state index < -0.39 is 0 Å². The Morgan fingerprint density at radius 3 is 2.71 bits per heavy atom. The number of aromatic nitrogens is 3. The summed E-state index contributed by atoms with van der Waals surface area (Å²) in [7, 11) is 0. The molecule has 1 saturated heterocycles. The number of hydrogen-bond acceptors (Lipinski definition) is 4. The van der Waals surface area contributed by atoms with Crippen LogP contribution in [0.2, 0.25) is 0 Å². The average Bonchev–Trinajstić information content (AvgIpc) is 3.32. The van der Waals surface area contributed by atoms with Crippen molar-refractivity contribution in [2.24, 2.45) is 0 Å². The minimum absolute atomic E-state index is 0.116. The number of nitrogens with zero attached hydrogens (tertiary/aromatic N) is 3. The predicted molar refractivity (Wildman–Crippen MR) is 126 cm³/mol. The van der Waals surface area contributed by atoms with Gasteiger partial charge in [-0.05, 0) is 63.4 Å². The molecule has 0 aliphatic carbocycles. The van der Waals surface area contributed by atoms with Crippen LogP contribution in [0.15, 0.2) is 42.7 Å². The lowest BCUT2D eigenvalue weighted by atomic mass is 9.89. The molecule has 1 amide bonds. The Bertz CT molecular complexity index is 1260. The normalized spacial score (nSPS) is 16.7. The van der Waals surface area contributed by atoms with Crippen LogP contribution in [0.4, 0.5) is 0 Å². The Hall–Kier alpha value is -2.99. The maximum Gasteiger partial charge on any atom is 0.265 e. The summed E-state index contributed by atoms with van der Waals surface area (Å²) < 4.78 is 0. The van der Waals surface area contributed by atoms with E-state index in [1.165, 1.54) is 39.1 Å². The van der Waals surface area contributed by atoms with E-state index >= 15 is 0 Å². The van der Waals surface area contributed by atoms with Crippen molar-refractivity contribution in [1.29, 1.82) is 0 Å². The Labute approximate surface area is 186 Å². The van der Waals surface area contributed by atoms with Gasteiger partial charge in [0.25, 0.3) is 5.91 Å². The number of aromatic amines is 1. The molecule has 0 radical (unpaired) electrons. The molecule has 158 valence electrons. The fourth-order valence-corrected chi connectivity index (χ4v) is 5.62. The summed E-state index contributed by atoms with van der Waals surface area (Å²) in [6.07, 6.45) is 5.75. The molecule has 5 nitrogen and oxygen atoms in total. The highest BCUT2D eigenvalue weighted by Crippen LogP contribution is 2.39. The first-order chi connectivity index (χ1) is 15.0. The molecule has 1 atom stereocenters. The summed E-state index contributed by atoms with van der Waals surface area (Å²) >= 11 is 1.50. The van der Waals surface area contributed by atoms with Crippen molar-refractivity contribution < 1.29 is 4.79 Å². The van der Waals surface area contributed by atoms with E-state index in [1.54, 1.807) is 0 Å². The van der Waals surface area contributed by atoms with Crippen LogP contribution >= 0.6 is 11.3 Å². The monoisotopic (exact) mass is 430 g/mol. The maximum atomic E-state index is 13.3. The number of aryl methyl sites for hydroxylation is 3. The van der Waals surface area contributed by atoms with E-state index in [2.05, 4.69) is 52.2 Å². The van der Waals surface area contributed by atoms with Gasteiger partial charge in [0.15, 0.2) is 0 Å². The average molecular weight is 431 g/mol. The number of carbonyl (C=O) groups excluding carboxylic acids is 1. The summed E-state index contributed by atoms with van der Waals surface area (Å²) in [6, 6.07) is 10.7. The van der Waals surface area contributed by atoms with Crippen molar-refractivity contribution >= 4 is 28.1 Å². The lowest BCUT2D eigenvalue weighted by Crippen LogP contribution is -2.39. The number of benzene rings is 1. The SMILES string of the molecule is Cc1ccc2[nH]c(C3CCCN(C(=O)c4sc(C)nc4C)C3)c(-c3ccncc3)c2c1. The Balaban J connectivity index is 1.54. The number of piperidine rings is 1. The lowest BCUT2D eigenvalue weighted by molar-refractivity contribution is 0.0710. The summed E-state index contributed by atoms with van der Waals surface area (Å²) in [6.45, 7) is 7.54. The fourth-order valence-electron chi connectivity index (χ4n) is 4.73. The lowest BCUT2D eigenvalue weighted by Gasteiger charge is -2.33. The summed E-state index contributed by atoms with van der Waals surface area (Å²) in [4.78, 5) is 28.4. The summed E-state index contributed by atoms with van der Waals surface area (Å²) in [5, 5.41) is 2.18. The first-order valence-corrected chi connectivity index (χ1v) is 11.6. The number of carbonyl (C=O) groups is 1. The molecule has 1 N–H and O–H groups in total. The number of hydrogen-bond donors (Lipinski definition) is 1. The van der Waals surface area contributed by atoms with Crippen LogP contribution in [0.1, 0.15) is 50.4 Å². The maximum absolute atomic E-state index is 13.3. The topological polar surface area (TPSA) is 61.9 Å². The molecule has 4 aromatic rings.